The van der Waals surface area contributed by atoms with Gasteiger partial charge in [0.15, 0.2) is 5.78 Å². The zero-order valence-corrected chi connectivity index (χ0v) is 15.5. The largest absolute Gasteiger partial charge is 0.507 e. The Bertz CT molecular complexity index is 752. The number of rotatable bonds is 1. The lowest BCUT2D eigenvalue weighted by atomic mass is 9.47. The van der Waals surface area contributed by atoms with E-state index in [9.17, 15) is 24.6 Å². The van der Waals surface area contributed by atoms with Crippen LogP contribution in [0.15, 0.2) is 22.5 Å². The van der Waals surface area contributed by atoms with Crippen LogP contribution in [-0.4, -0.2) is 33.7 Å². The molecule has 0 aromatic carbocycles. The van der Waals surface area contributed by atoms with Gasteiger partial charge in [0.25, 0.3) is 0 Å². The van der Waals surface area contributed by atoms with Gasteiger partial charge >= 0.3 is 0 Å². The van der Waals surface area contributed by atoms with Crippen molar-refractivity contribution in [2.75, 3.05) is 0 Å². The third-order valence-corrected chi connectivity index (χ3v) is 6.44. The zero-order chi connectivity index (χ0) is 18.9. The third-order valence-electron chi connectivity index (χ3n) is 6.44. The highest BCUT2D eigenvalue weighted by Crippen LogP contribution is 2.60. The summed E-state index contributed by atoms with van der Waals surface area (Å²) in [6.07, 6.45) is 0.992. The molecule has 3 aliphatic rings. The first-order valence-corrected chi connectivity index (χ1v) is 8.94. The normalized spacial score (nSPS) is 35.2. The number of allylic oxidation sites excluding steroid dienone is 3. The monoisotopic (exact) mass is 346 g/mol. The molecule has 0 bridgehead atoms. The van der Waals surface area contributed by atoms with Crippen molar-refractivity contribution < 1.29 is 24.6 Å². The fourth-order valence-electron chi connectivity index (χ4n) is 5.47. The second-order valence-corrected chi connectivity index (χ2v) is 8.87. The summed E-state index contributed by atoms with van der Waals surface area (Å²) in [5, 5.41) is 21.5. The van der Waals surface area contributed by atoms with Crippen LogP contribution >= 0.6 is 0 Å². The summed E-state index contributed by atoms with van der Waals surface area (Å²) < 4.78 is 0. The van der Waals surface area contributed by atoms with Crippen LogP contribution in [0.3, 0.4) is 0 Å². The van der Waals surface area contributed by atoms with E-state index in [1.54, 1.807) is 13.8 Å². The Kier molecular flexibility index (Phi) is 3.88. The van der Waals surface area contributed by atoms with Crippen LogP contribution in [0.1, 0.15) is 53.9 Å². The average Bonchev–Trinajstić information content (AvgIpc) is 2.47. The van der Waals surface area contributed by atoms with E-state index in [1.165, 1.54) is 0 Å². The summed E-state index contributed by atoms with van der Waals surface area (Å²) in [6.45, 7) is 9.21. The van der Waals surface area contributed by atoms with Crippen LogP contribution in [-0.2, 0) is 14.4 Å². The predicted molar refractivity (Wildman–Crippen MR) is 91.8 cm³/mol. The molecule has 0 saturated heterocycles. The standard InChI is InChI=1S/C20H26O5/c1-9(2)10-13(21)11-12(16(24)14(10)22)20(5)8-6-7-19(3,4)18(20)17(25)15(11)23/h9,17-18,21,25H,6-8H2,1-5H3. The van der Waals surface area contributed by atoms with Gasteiger partial charge in [-0.2, -0.15) is 0 Å². The second kappa shape index (κ2) is 5.37. The van der Waals surface area contributed by atoms with E-state index in [0.29, 0.717) is 6.42 Å². The molecule has 5 nitrogen and oxygen atoms in total. The average molecular weight is 346 g/mol. The second-order valence-electron chi connectivity index (χ2n) is 8.87. The van der Waals surface area contributed by atoms with Gasteiger partial charge in [-0.1, -0.05) is 41.0 Å². The molecule has 1 saturated carbocycles. The first kappa shape index (κ1) is 18.1. The van der Waals surface area contributed by atoms with Gasteiger partial charge < -0.3 is 10.2 Å². The minimum Gasteiger partial charge on any atom is -0.507 e. The molecular formula is C20H26O5. The van der Waals surface area contributed by atoms with E-state index >= 15 is 0 Å². The number of ketones is 3. The Morgan fingerprint density at radius 3 is 2.20 bits per heavy atom. The number of hydrogen-bond acceptors (Lipinski definition) is 5. The first-order valence-electron chi connectivity index (χ1n) is 8.94. The molecule has 25 heavy (non-hydrogen) atoms. The van der Waals surface area contributed by atoms with E-state index in [1.807, 2.05) is 20.8 Å². The molecule has 0 heterocycles. The van der Waals surface area contributed by atoms with Gasteiger partial charge in [-0.15, -0.1) is 0 Å². The first-order chi connectivity index (χ1) is 11.4. The fourth-order valence-corrected chi connectivity index (χ4v) is 5.47. The van der Waals surface area contributed by atoms with Gasteiger partial charge in [0.05, 0.1) is 5.57 Å². The Balaban J connectivity index is 2.35. The minimum absolute atomic E-state index is 0.0265. The van der Waals surface area contributed by atoms with E-state index in [2.05, 4.69) is 0 Å². The van der Waals surface area contributed by atoms with Crippen molar-refractivity contribution in [2.24, 2.45) is 22.7 Å². The topological polar surface area (TPSA) is 91.7 Å². The highest BCUT2D eigenvalue weighted by atomic mass is 16.3. The van der Waals surface area contributed by atoms with E-state index in [0.717, 1.165) is 12.8 Å². The number of carbonyl (C=O) groups excluding carboxylic acids is 3. The molecule has 0 aromatic heterocycles. The summed E-state index contributed by atoms with van der Waals surface area (Å²) in [5.74, 6) is -3.31. The number of hydrogen-bond donors (Lipinski definition) is 2. The zero-order valence-electron chi connectivity index (χ0n) is 15.5. The summed E-state index contributed by atoms with van der Waals surface area (Å²) >= 11 is 0. The number of aliphatic hydroxyl groups is 2. The molecule has 0 aliphatic heterocycles. The number of Topliss-reactive ketones (excluding diaryl/α,β-unsaturated/α-hetero) is 3. The van der Waals surface area contributed by atoms with Crippen LogP contribution in [0.25, 0.3) is 0 Å². The van der Waals surface area contributed by atoms with Crippen LogP contribution in [0, 0.1) is 22.7 Å². The van der Waals surface area contributed by atoms with E-state index < -0.39 is 40.5 Å². The van der Waals surface area contributed by atoms with Crippen molar-refractivity contribution >= 4 is 17.3 Å². The van der Waals surface area contributed by atoms with Crippen molar-refractivity contribution in [1.82, 2.24) is 0 Å². The molecule has 0 spiro atoms. The predicted octanol–water partition coefficient (Wildman–Crippen LogP) is 2.68. The van der Waals surface area contributed by atoms with Gasteiger partial charge in [-0.25, -0.2) is 0 Å². The highest BCUT2D eigenvalue weighted by molar-refractivity contribution is 6.52. The molecule has 5 heteroatoms. The lowest BCUT2D eigenvalue weighted by molar-refractivity contribution is -0.145. The molecule has 0 aromatic rings. The van der Waals surface area contributed by atoms with Crippen molar-refractivity contribution in [3.05, 3.63) is 22.5 Å². The lowest BCUT2D eigenvalue weighted by Gasteiger charge is -2.56. The van der Waals surface area contributed by atoms with Gasteiger partial charge in [0.1, 0.15) is 11.9 Å². The highest BCUT2D eigenvalue weighted by Gasteiger charge is 2.61. The SMILES string of the molecule is CC(C)C1=C(O)C2=C(C(=O)C1=O)C1(C)CCCC(C)(C)C1C(O)C2=O. The van der Waals surface area contributed by atoms with Gasteiger partial charge in [0, 0.05) is 22.5 Å². The molecule has 0 amide bonds. The summed E-state index contributed by atoms with van der Waals surface area (Å²) in [4.78, 5) is 38.5. The Morgan fingerprint density at radius 1 is 1.04 bits per heavy atom. The summed E-state index contributed by atoms with van der Waals surface area (Å²) in [6, 6.07) is 0. The third kappa shape index (κ3) is 2.21. The maximum Gasteiger partial charge on any atom is 0.233 e. The molecule has 136 valence electrons. The van der Waals surface area contributed by atoms with Crippen molar-refractivity contribution in [3.63, 3.8) is 0 Å². The molecular weight excluding hydrogens is 320 g/mol. The summed E-state index contributed by atoms with van der Waals surface area (Å²) in [7, 11) is 0. The molecule has 0 radical (unpaired) electrons. The smallest absolute Gasteiger partial charge is 0.233 e. The maximum absolute atomic E-state index is 13.0. The summed E-state index contributed by atoms with van der Waals surface area (Å²) in [5.41, 5.74) is -1.18. The quantitative estimate of drug-likeness (QED) is 0.562. The molecule has 3 unspecified atom stereocenters. The van der Waals surface area contributed by atoms with Crippen LogP contribution < -0.4 is 0 Å². The van der Waals surface area contributed by atoms with Crippen molar-refractivity contribution in [1.29, 1.82) is 0 Å². The molecule has 3 atom stereocenters. The van der Waals surface area contributed by atoms with Crippen LogP contribution in [0.5, 0.6) is 0 Å². The molecule has 3 rings (SSSR count). The molecule has 3 aliphatic carbocycles. The fraction of sp³-hybridized carbons (Fsp3) is 0.650. The van der Waals surface area contributed by atoms with Crippen molar-refractivity contribution in [2.45, 2.75) is 60.0 Å². The molecule has 2 N–H and O–H groups in total. The lowest BCUT2D eigenvalue weighted by Crippen LogP contribution is -2.58. The van der Waals surface area contributed by atoms with E-state index in [4.69, 9.17) is 0 Å². The van der Waals surface area contributed by atoms with Crippen molar-refractivity contribution in [3.8, 4) is 0 Å². The minimum atomic E-state index is -1.28. The molecule has 1 fully saturated rings. The van der Waals surface area contributed by atoms with E-state index in [-0.39, 0.29) is 28.1 Å². The Labute approximate surface area is 147 Å². The van der Waals surface area contributed by atoms with Gasteiger partial charge in [-0.05, 0) is 24.2 Å². The number of aliphatic hydroxyl groups excluding tert-OH is 2. The van der Waals surface area contributed by atoms with Crippen LogP contribution in [0.4, 0.5) is 0 Å². The Hall–Kier alpha value is -1.75. The number of carbonyl (C=O) groups is 3. The van der Waals surface area contributed by atoms with Crippen LogP contribution in [0.2, 0.25) is 0 Å². The maximum atomic E-state index is 13.0. The van der Waals surface area contributed by atoms with Gasteiger partial charge in [0.2, 0.25) is 11.6 Å². The Morgan fingerprint density at radius 2 is 1.64 bits per heavy atom. The number of fused-ring (bicyclic) bond motifs is 2. The van der Waals surface area contributed by atoms with Gasteiger partial charge in [-0.3, -0.25) is 14.4 Å².